The predicted octanol–water partition coefficient (Wildman–Crippen LogP) is 4.91. The lowest BCUT2D eigenvalue weighted by molar-refractivity contribution is -0.368. The third-order valence-electron chi connectivity index (χ3n) is 5.75. The Labute approximate surface area is 245 Å². The number of esters is 1. The number of Topliss-reactive ketones (excluding diaryl/α,β-unsaturated/α-hetero) is 2. The van der Waals surface area contributed by atoms with E-state index in [-0.39, 0.29) is 23.7 Å². The summed E-state index contributed by atoms with van der Waals surface area (Å²) < 4.78 is 4.19. The summed E-state index contributed by atoms with van der Waals surface area (Å²) in [4.78, 5) is 42.8. The Morgan fingerprint density at radius 3 is 1.60 bits per heavy atom. The molecule has 1 heterocycles. The zero-order valence-electron chi connectivity index (χ0n) is 27.0. The van der Waals surface area contributed by atoms with Crippen LogP contribution in [-0.4, -0.2) is 62.4 Å². The molecule has 0 aromatic heterocycles. The Morgan fingerprint density at radius 1 is 0.850 bits per heavy atom. The number of carbonyl (C=O) groups is 4. The van der Waals surface area contributed by atoms with Crippen molar-refractivity contribution < 1.29 is 29.6 Å². The van der Waals surface area contributed by atoms with Crippen molar-refractivity contribution in [3.63, 3.8) is 0 Å². The van der Waals surface area contributed by atoms with E-state index >= 15 is 0 Å². The molecule has 1 aliphatic rings. The molecule has 0 aromatic carbocycles. The van der Waals surface area contributed by atoms with E-state index in [1.807, 2.05) is 34.7 Å². The fraction of sp³-hybridized carbons (Fsp3) is 0.742. The van der Waals surface area contributed by atoms with Gasteiger partial charge in [-0.3, -0.25) is 9.59 Å². The lowest BCUT2D eigenvalue weighted by atomic mass is 10.0. The standard InChI is InChI=1S/C14H30N2O.C7H13NO.C6H7NO3.2C2H6/c1-13(17)14(16-2)11-9-7-5-3-4-6-8-10-12-15;1-4-5-7(8-3)6(2)9;1-2-3-4-5(8)10-6(9)7-4;2*1-2/h14,16H,3-12,15H2,1-2H3;4,7-8H,1,5H2,2-3H3;2,4H,1,3H2,(H,7,9);2*1-2H3/p+1/t14-;7-;4-;;/m000../s1. The summed E-state index contributed by atoms with van der Waals surface area (Å²) in [5.41, 5.74) is 3.85. The van der Waals surface area contributed by atoms with Gasteiger partial charge in [-0.05, 0) is 60.0 Å². The highest BCUT2D eigenvalue weighted by Crippen LogP contribution is 2.10. The topological polar surface area (TPSA) is 141 Å². The van der Waals surface area contributed by atoms with Gasteiger partial charge in [0.25, 0.3) is 0 Å². The Morgan fingerprint density at radius 2 is 1.30 bits per heavy atom. The van der Waals surface area contributed by atoms with Crippen molar-refractivity contribution in [2.45, 2.75) is 130 Å². The van der Waals surface area contributed by atoms with Gasteiger partial charge < -0.3 is 26.4 Å². The van der Waals surface area contributed by atoms with Gasteiger partial charge in [0, 0.05) is 0 Å². The molecule has 0 bridgehead atoms. The molecule has 0 aliphatic carbocycles. The van der Waals surface area contributed by atoms with Gasteiger partial charge in [-0.25, -0.2) is 9.59 Å². The highest BCUT2D eigenvalue weighted by molar-refractivity contribution is 5.95. The second-order valence-corrected chi connectivity index (χ2v) is 8.83. The number of nitrogens with one attached hydrogen (secondary N) is 3. The quantitative estimate of drug-likeness (QED) is 0.0793. The Kier molecular flexibility index (Phi) is 38.7. The smallest absolute Gasteiger partial charge is 0.375 e. The van der Waals surface area contributed by atoms with E-state index in [1.54, 1.807) is 33.0 Å². The molecule has 40 heavy (non-hydrogen) atoms. The van der Waals surface area contributed by atoms with Crippen molar-refractivity contribution in [2.75, 3.05) is 20.6 Å². The largest absolute Gasteiger partial charge is 0.415 e. The minimum atomic E-state index is -0.670. The molecule has 6 N–H and O–H groups in total. The number of hydrogen-bond acceptors (Lipinski definition) is 7. The monoisotopic (exact) mass is 571 g/mol. The number of carbonyl (C=O) groups excluding carboxylic acids is 4. The predicted molar refractivity (Wildman–Crippen MR) is 167 cm³/mol. The van der Waals surface area contributed by atoms with Crippen molar-refractivity contribution in [1.82, 2.24) is 16.0 Å². The van der Waals surface area contributed by atoms with Crippen LogP contribution < -0.4 is 21.7 Å². The Bertz CT molecular complexity index is 656. The second kappa shape index (κ2) is 34.7. The van der Waals surface area contributed by atoms with E-state index < -0.39 is 18.1 Å². The van der Waals surface area contributed by atoms with Crippen LogP contribution in [0.5, 0.6) is 0 Å². The molecular weight excluding hydrogens is 508 g/mol. The van der Waals surface area contributed by atoms with E-state index in [0.29, 0.717) is 12.8 Å². The van der Waals surface area contributed by atoms with Crippen LogP contribution in [0, 0.1) is 0 Å². The van der Waals surface area contributed by atoms with E-state index in [2.05, 4.69) is 39.6 Å². The van der Waals surface area contributed by atoms with Gasteiger partial charge in [-0.1, -0.05) is 78.4 Å². The second-order valence-electron chi connectivity index (χ2n) is 8.83. The molecule has 1 rings (SSSR count). The SMILES string of the molecule is C=CC[C@@H]1NC(=O)OC1=O.C=CC[C@H](NC)C(C)=O.CC.CC.CN[C@@H](CCCCCCCCCC[NH3+])C(C)=O. The molecule has 1 saturated heterocycles. The average molecular weight is 572 g/mol. The highest BCUT2D eigenvalue weighted by atomic mass is 16.6. The van der Waals surface area contributed by atoms with Crippen molar-refractivity contribution in [2.24, 2.45) is 0 Å². The van der Waals surface area contributed by atoms with E-state index in [4.69, 9.17) is 0 Å². The molecule has 236 valence electrons. The molecule has 0 saturated carbocycles. The molecule has 9 heteroatoms. The average Bonchev–Trinajstić information content (AvgIpc) is 3.27. The maximum Gasteiger partial charge on any atom is 0.415 e. The van der Waals surface area contributed by atoms with Crippen molar-refractivity contribution in [3.05, 3.63) is 25.3 Å². The molecule has 1 fully saturated rings. The van der Waals surface area contributed by atoms with Crippen molar-refractivity contribution in [1.29, 1.82) is 0 Å². The zero-order chi connectivity index (χ0) is 31.8. The first kappa shape index (κ1) is 44.7. The van der Waals surface area contributed by atoms with E-state index in [1.165, 1.54) is 51.4 Å². The van der Waals surface area contributed by atoms with Gasteiger partial charge in [0.2, 0.25) is 0 Å². The fourth-order valence-corrected chi connectivity index (χ4v) is 3.51. The molecule has 0 spiro atoms. The van der Waals surface area contributed by atoms with Crippen LogP contribution >= 0.6 is 0 Å². The Hall–Kier alpha value is -2.36. The number of likely N-dealkylation sites (N-methyl/N-ethyl adjacent to an activating group) is 2. The third-order valence-corrected chi connectivity index (χ3v) is 5.75. The van der Waals surface area contributed by atoms with Crippen LogP contribution in [-0.2, 0) is 19.1 Å². The number of ether oxygens (including phenoxy) is 1. The number of hydrogen-bond donors (Lipinski definition) is 4. The van der Waals surface area contributed by atoms with Crippen LogP contribution in [0.3, 0.4) is 0 Å². The minimum Gasteiger partial charge on any atom is -0.375 e. The summed E-state index contributed by atoms with van der Waals surface area (Å²) in [5.74, 6) is -0.0945. The lowest BCUT2D eigenvalue weighted by Gasteiger charge is -2.11. The molecule has 3 atom stereocenters. The van der Waals surface area contributed by atoms with Gasteiger partial charge in [0.1, 0.15) is 17.6 Å². The summed E-state index contributed by atoms with van der Waals surface area (Å²) in [6.07, 6.45) is 15.2. The molecular formula is C31H63N4O5+. The van der Waals surface area contributed by atoms with Crippen molar-refractivity contribution >= 4 is 23.6 Å². The molecule has 0 unspecified atom stereocenters. The minimum absolute atomic E-state index is 0.0394. The number of amides is 1. The van der Waals surface area contributed by atoms with Crippen molar-refractivity contribution in [3.8, 4) is 0 Å². The van der Waals surface area contributed by atoms with E-state index in [9.17, 15) is 19.2 Å². The maximum atomic E-state index is 11.2. The van der Waals surface area contributed by atoms with Gasteiger partial charge >= 0.3 is 12.1 Å². The first-order valence-corrected chi connectivity index (χ1v) is 15.1. The highest BCUT2D eigenvalue weighted by Gasteiger charge is 2.30. The maximum absolute atomic E-state index is 11.2. The third kappa shape index (κ3) is 28.6. The summed E-state index contributed by atoms with van der Waals surface area (Å²) in [6, 6.07) is -0.487. The first-order chi connectivity index (χ1) is 19.2. The van der Waals surface area contributed by atoms with Crippen LogP contribution in [0.25, 0.3) is 0 Å². The van der Waals surface area contributed by atoms with Gasteiger partial charge in [-0.2, -0.15) is 0 Å². The molecule has 1 aliphatic heterocycles. The van der Waals surface area contributed by atoms with Crippen LogP contribution in [0.2, 0.25) is 0 Å². The van der Waals surface area contributed by atoms with Crippen LogP contribution in [0.1, 0.15) is 112 Å². The lowest BCUT2D eigenvalue weighted by Crippen LogP contribution is -2.50. The first-order valence-electron chi connectivity index (χ1n) is 15.1. The van der Waals surface area contributed by atoms with Crippen LogP contribution in [0.4, 0.5) is 4.79 Å². The summed E-state index contributed by atoms with van der Waals surface area (Å²) >= 11 is 0. The molecule has 0 radical (unpaired) electrons. The number of alkyl carbamates (subject to hydrolysis) is 1. The summed E-state index contributed by atoms with van der Waals surface area (Å²) in [6.45, 7) is 19.3. The molecule has 0 aromatic rings. The number of rotatable bonds is 18. The number of quaternary nitrogens is 1. The number of ketones is 2. The number of unbranched alkanes of at least 4 members (excludes halogenated alkanes) is 7. The normalized spacial score (nSPS) is 14.5. The van der Waals surface area contributed by atoms with Gasteiger partial charge in [0.05, 0.1) is 18.6 Å². The van der Waals surface area contributed by atoms with E-state index in [0.717, 1.165) is 13.0 Å². The summed E-state index contributed by atoms with van der Waals surface area (Å²) in [5, 5.41) is 8.28. The van der Waals surface area contributed by atoms with Gasteiger partial charge in [-0.15, -0.1) is 13.2 Å². The number of cyclic esters (lactones) is 2. The zero-order valence-corrected chi connectivity index (χ0v) is 27.0. The Balaban J connectivity index is -0.000000241. The molecule has 1 amide bonds. The fourth-order valence-electron chi connectivity index (χ4n) is 3.51. The summed E-state index contributed by atoms with van der Waals surface area (Å²) in [7, 11) is 3.64. The van der Waals surface area contributed by atoms with Gasteiger partial charge in [0.15, 0.2) is 0 Å². The molecule has 9 nitrogen and oxygen atoms in total. The van der Waals surface area contributed by atoms with Crippen LogP contribution in [0.15, 0.2) is 25.3 Å².